The van der Waals surface area contributed by atoms with Crippen LogP contribution in [0.4, 0.5) is 0 Å². The lowest BCUT2D eigenvalue weighted by Gasteiger charge is -2.11. The second-order valence-electron chi connectivity index (χ2n) is 6.55. The van der Waals surface area contributed by atoms with Gasteiger partial charge in [-0.1, -0.05) is 23.7 Å². The summed E-state index contributed by atoms with van der Waals surface area (Å²) >= 11 is 5.98. The summed E-state index contributed by atoms with van der Waals surface area (Å²) in [5, 5.41) is 8.17. The minimum absolute atomic E-state index is 0.0440. The van der Waals surface area contributed by atoms with Crippen molar-refractivity contribution in [2.45, 2.75) is 40.0 Å². The minimum Gasteiger partial charge on any atom is -0.356 e. The van der Waals surface area contributed by atoms with Gasteiger partial charge in [0, 0.05) is 35.4 Å². The molecule has 1 amide bonds. The first kappa shape index (κ1) is 18.4. The van der Waals surface area contributed by atoms with Crippen LogP contribution in [0.2, 0.25) is 5.02 Å². The predicted octanol–water partition coefficient (Wildman–Crippen LogP) is 3.60. The first-order chi connectivity index (χ1) is 12.4. The molecule has 0 aliphatic rings. The van der Waals surface area contributed by atoms with Crippen LogP contribution < -0.4 is 5.32 Å². The van der Waals surface area contributed by atoms with Gasteiger partial charge in [-0.25, -0.2) is 9.50 Å². The number of halogens is 1. The van der Waals surface area contributed by atoms with Gasteiger partial charge >= 0.3 is 0 Å². The molecule has 0 spiro atoms. The third kappa shape index (κ3) is 4.22. The lowest BCUT2D eigenvalue weighted by Crippen LogP contribution is -2.26. The average molecular weight is 371 g/mol. The molecule has 26 heavy (non-hydrogen) atoms. The summed E-state index contributed by atoms with van der Waals surface area (Å²) in [6.45, 7) is 6.57. The average Bonchev–Trinajstić information content (AvgIpc) is 2.95. The van der Waals surface area contributed by atoms with Crippen molar-refractivity contribution in [1.29, 1.82) is 0 Å². The Bertz CT molecular complexity index is 948. The maximum atomic E-state index is 12.2. The fourth-order valence-electron chi connectivity index (χ4n) is 3.17. The first-order valence-electron chi connectivity index (χ1n) is 8.77. The molecule has 0 saturated heterocycles. The fourth-order valence-corrected chi connectivity index (χ4v) is 3.38. The van der Waals surface area contributed by atoms with Gasteiger partial charge < -0.3 is 5.32 Å². The molecule has 0 bridgehead atoms. The number of rotatable bonds is 6. The highest BCUT2D eigenvalue weighted by atomic mass is 35.5. The number of hydrogen-bond acceptors (Lipinski definition) is 3. The van der Waals surface area contributed by atoms with E-state index < -0.39 is 0 Å². The van der Waals surface area contributed by atoms with Crippen molar-refractivity contribution < 1.29 is 4.79 Å². The van der Waals surface area contributed by atoms with E-state index in [9.17, 15) is 4.79 Å². The van der Waals surface area contributed by atoms with E-state index in [4.69, 9.17) is 11.6 Å². The van der Waals surface area contributed by atoms with E-state index in [0.29, 0.717) is 19.4 Å². The molecular formula is C20H23ClN4O. The highest BCUT2D eigenvalue weighted by Crippen LogP contribution is 2.17. The molecule has 5 nitrogen and oxygen atoms in total. The number of hydrogen-bond donors (Lipinski definition) is 1. The maximum Gasteiger partial charge on any atom is 0.220 e. The summed E-state index contributed by atoms with van der Waals surface area (Å²) in [6, 6.07) is 9.67. The number of aromatic nitrogens is 3. The zero-order chi connectivity index (χ0) is 18.7. The molecular weight excluding hydrogens is 348 g/mol. The minimum atomic E-state index is 0.0440. The molecule has 3 rings (SSSR count). The Hall–Kier alpha value is -2.40. The van der Waals surface area contributed by atoms with E-state index >= 15 is 0 Å². The summed E-state index contributed by atoms with van der Waals surface area (Å²) < 4.78 is 1.86. The number of benzene rings is 1. The van der Waals surface area contributed by atoms with Crippen molar-refractivity contribution in [1.82, 2.24) is 19.9 Å². The van der Waals surface area contributed by atoms with Crippen molar-refractivity contribution in [2.24, 2.45) is 0 Å². The molecule has 136 valence electrons. The van der Waals surface area contributed by atoms with E-state index in [1.807, 2.05) is 55.6 Å². The molecule has 3 aromatic rings. The summed E-state index contributed by atoms with van der Waals surface area (Å²) in [5.41, 5.74) is 6.01. The number of carbonyl (C=O) groups excluding carboxylic acids is 1. The molecule has 0 aliphatic carbocycles. The summed E-state index contributed by atoms with van der Waals surface area (Å²) in [7, 11) is 0. The smallest absolute Gasteiger partial charge is 0.220 e. The van der Waals surface area contributed by atoms with E-state index in [-0.39, 0.29) is 5.91 Å². The summed E-state index contributed by atoms with van der Waals surface area (Å²) in [4.78, 5) is 16.8. The van der Waals surface area contributed by atoms with Gasteiger partial charge in [0.15, 0.2) is 5.65 Å². The van der Waals surface area contributed by atoms with Crippen molar-refractivity contribution in [3.8, 4) is 0 Å². The molecule has 0 fully saturated rings. The van der Waals surface area contributed by atoms with Crippen molar-refractivity contribution in [3.63, 3.8) is 0 Å². The lowest BCUT2D eigenvalue weighted by atomic mass is 10.1. The highest BCUT2D eigenvalue weighted by Gasteiger charge is 2.12. The highest BCUT2D eigenvalue weighted by molar-refractivity contribution is 6.30. The Morgan fingerprint density at radius 3 is 2.77 bits per heavy atom. The predicted molar refractivity (Wildman–Crippen MR) is 104 cm³/mol. The van der Waals surface area contributed by atoms with Crippen molar-refractivity contribution in [3.05, 3.63) is 63.6 Å². The molecule has 0 saturated carbocycles. The zero-order valence-electron chi connectivity index (χ0n) is 15.3. The van der Waals surface area contributed by atoms with E-state index in [2.05, 4.69) is 15.4 Å². The SMILES string of the molecule is Cc1cc2nc(C)c(CCC(=O)NCCc3cccc(Cl)c3)c(C)n2n1. The number of nitrogens with zero attached hydrogens (tertiary/aromatic N) is 3. The van der Waals surface area contributed by atoms with Gasteiger partial charge in [-0.15, -0.1) is 0 Å². The van der Waals surface area contributed by atoms with Crippen LogP contribution in [-0.2, 0) is 17.6 Å². The van der Waals surface area contributed by atoms with Gasteiger partial charge in [-0.2, -0.15) is 5.10 Å². The largest absolute Gasteiger partial charge is 0.356 e. The summed E-state index contributed by atoms with van der Waals surface area (Å²) in [5.74, 6) is 0.0440. The van der Waals surface area contributed by atoms with Crippen LogP contribution in [0.3, 0.4) is 0 Å². The molecule has 0 unspecified atom stereocenters. The monoisotopic (exact) mass is 370 g/mol. The third-order valence-electron chi connectivity index (χ3n) is 4.51. The van der Waals surface area contributed by atoms with E-state index in [1.165, 1.54) is 0 Å². The third-order valence-corrected chi connectivity index (χ3v) is 4.75. The molecule has 2 heterocycles. The van der Waals surface area contributed by atoms with Crippen LogP contribution in [0.25, 0.3) is 5.65 Å². The van der Waals surface area contributed by atoms with Gasteiger partial charge in [0.25, 0.3) is 0 Å². The molecule has 0 radical (unpaired) electrons. The second kappa shape index (κ2) is 7.87. The molecule has 0 aliphatic heterocycles. The number of aryl methyl sites for hydroxylation is 3. The topological polar surface area (TPSA) is 59.3 Å². The molecule has 6 heteroatoms. The number of nitrogens with one attached hydrogen (secondary N) is 1. The molecule has 2 aromatic heterocycles. The molecule has 0 atom stereocenters. The van der Waals surface area contributed by atoms with Gasteiger partial charge in [-0.3, -0.25) is 4.79 Å². The Labute approximate surface area is 158 Å². The van der Waals surface area contributed by atoms with E-state index in [1.54, 1.807) is 0 Å². The summed E-state index contributed by atoms with van der Waals surface area (Å²) in [6.07, 6.45) is 1.86. The maximum absolute atomic E-state index is 12.2. The van der Waals surface area contributed by atoms with Crippen molar-refractivity contribution in [2.75, 3.05) is 6.54 Å². The second-order valence-corrected chi connectivity index (χ2v) is 6.98. The zero-order valence-corrected chi connectivity index (χ0v) is 16.1. The quantitative estimate of drug-likeness (QED) is 0.721. The standard InChI is InChI=1S/C20H23ClN4O/c1-13-11-19-23-14(2)18(15(3)25(19)24-13)7-8-20(26)22-10-9-16-5-4-6-17(21)12-16/h4-6,11-12H,7-10H2,1-3H3,(H,22,26). The fraction of sp³-hybridized carbons (Fsp3) is 0.350. The molecule has 1 aromatic carbocycles. The van der Waals surface area contributed by atoms with Crippen LogP contribution >= 0.6 is 11.6 Å². The Balaban J connectivity index is 1.56. The first-order valence-corrected chi connectivity index (χ1v) is 9.15. The van der Waals surface area contributed by atoms with Crippen LogP contribution in [-0.4, -0.2) is 27.0 Å². The van der Waals surface area contributed by atoms with Gasteiger partial charge in [0.1, 0.15) is 0 Å². The number of carbonyl (C=O) groups is 1. The normalized spacial score (nSPS) is 11.1. The number of amides is 1. The number of fused-ring (bicyclic) bond motifs is 1. The Morgan fingerprint density at radius 1 is 1.19 bits per heavy atom. The van der Waals surface area contributed by atoms with Gasteiger partial charge in [0.05, 0.1) is 5.69 Å². The van der Waals surface area contributed by atoms with Crippen molar-refractivity contribution >= 4 is 23.2 Å². The molecule has 1 N–H and O–H groups in total. The van der Waals surface area contributed by atoms with Gasteiger partial charge in [-0.05, 0) is 56.9 Å². The van der Waals surface area contributed by atoms with Crippen LogP contribution in [0.1, 0.15) is 34.6 Å². The van der Waals surface area contributed by atoms with Crippen LogP contribution in [0.5, 0.6) is 0 Å². The van der Waals surface area contributed by atoms with E-state index in [0.717, 1.165) is 45.3 Å². The lowest BCUT2D eigenvalue weighted by molar-refractivity contribution is -0.121. The Kier molecular flexibility index (Phi) is 5.57. The van der Waals surface area contributed by atoms with Gasteiger partial charge in [0.2, 0.25) is 5.91 Å². The van der Waals surface area contributed by atoms with Crippen LogP contribution in [0, 0.1) is 20.8 Å². The van der Waals surface area contributed by atoms with Crippen LogP contribution in [0.15, 0.2) is 30.3 Å². The Morgan fingerprint density at radius 2 is 2.00 bits per heavy atom.